The molecule has 0 spiro atoms. The second kappa shape index (κ2) is 22.4. The maximum atomic E-state index is 15.6. The Bertz CT molecular complexity index is 3640. The lowest BCUT2D eigenvalue weighted by molar-refractivity contribution is -0.172. The third-order valence-corrected chi connectivity index (χ3v) is 20.3. The number of rotatable bonds is 15. The van der Waals surface area contributed by atoms with Crippen molar-refractivity contribution in [2.45, 2.75) is 158 Å². The molecule has 5 aliphatic rings. The number of alkyl carbamates (subject to hydrolysis) is 1. The number of fused-ring (bicyclic) bond motifs is 5. The molecule has 1 unspecified atom stereocenters. The van der Waals surface area contributed by atoms with Crippen LogP contribution in [0.5, 0.6) is 11.5 Å². The molecule has 432 valence electrons. The molecule has 11 rings (SSSR count). The van der Waals surface area contributed by atoms with E-state index in [1.807, 2.05) is 36.8 Å². The van der Waals surface area contributed by atoms with Gasteiger partial charge in [0.25, 0.3) is 5.56 Å². The van der Waals surface area contributed by atoms with E-state index in [1.54, 1.807) is 53.5 Å². The average molecular weight is 1170 g/mol. The summed E-state index contributed by atoms with van der Waals surface area (Å²) in [5.41, 5.74) is 3.68. The Morgan fingerprint density at radius 1 is 0.963 bits per heavy atom. The first-order valence-electron chi connectivity index (χ1n) is 27.8. The molecular formula is C60H63F4N7O9S2. The Kier molecular flexibility index (Phi) is 15.6. The Balaban J connectivity index is 0.738. The van der Waals surface area contributed by atoms with Gasteiger partial charge >= 0.3 is 18.2 Å². The summed E-state index contributed by atoms with van der Waals surface area (Å²) in [6.45, 7) is 12.7. The van der Waals surface area contributed by atoms with Gasteiger partial charge in [-0.15, -0.1) is 10.2 Å². The van der Waals surface area contributed by atoms with Gasteiger partial charge in [-0.3, -0.25) is 19.1 Å². The zero-order valence-corrected chi connectivity index (χ0v) is 47.5. The van der Waals surface area contributed by atoms with Crippen LogP contribution in [-0.4, -0.2) is 98.3 Å². The van der Waals surface area contributed by atoms with Crippen LogP contribution in [0.15, 0.2) is 65.5 Å². The summed E-state index contributed by atoms with van der Waals surface area (Å²) in [4.78, 5) is 62.0. The fraction of sp³-hybridized carbons (Fsp3) is 0.450. The predicted molar refractivity (Wildman–Crippen MR) is 302 cm³/mol. The van der Waals surface area contributed by atoms with Crippen LogP contribution in [0.4, 0.5) is 22.4 Å². The number of aromatic nitrogens is 5. The number of amides is 1. The van der Waals surface area contributed by atoms with E-state index in [0.717, 1.165) is 73.7 Å². The molecule has 16 nitrogen and oxygen atoms in total. The van der Waals surface area contributed by atoms with Gasteiger partial charge in [0.05, 0.1) is 52.3 Å². The molecule has 0 radical (unpaired) electrons. The van der Waals surface area contributed by atoms with E-state index in [0.29, 0.717) is 63.9 Å². The fourth-order valence-electron chi connectivity index (χ4n) is 12.4. The number of esters is 1. The summed E-state index contributed by atoms with van der Waals surface area (Å²) < 4.78 is 69.8. The van der Waals surface area contributed by atoms with E-state index in [1.165, 1.54) is 16.7 Å². The summed E-state index contributed by atoms with van der Waals surface area (Å²) >= 11 is 0. The Hall–Kier alpha value is -6.75. The molecule has 4 atom stereocenters. The summed E-state index contributed by atoms with van der Waals surface area (Å²) in [6.07, 6.45) is -1.06. The van der Waals surface area contributed by atoms with E-state index in [9.17, 15) is 47.7 Å². The highest BCUT2D eigenvalue weighted by molar-refractivity contribution is 8.77. The van der Waals surface area contributed by atoms with Crippen LogP contribution >= 0.6 is 21.6 Å². The highest BCUT2D eigenvalue weighted by Crippen LogP contribution is 2.48. The van der Waals surface area contributed by atoms with Crippen LogP contribution in [0.1, 0.15) is 152 Å². The number of aryl methyl sites for hydroxylation is 1. The SMILES string of the molecule is C=C(CC(=O)c1nnc(-c2cc(C(C)C)c(O)cc2O)n1-c1ccc(CN2CCC(SSC3CCCC[C@@H]3OC(=O)N[C@@H]3CCc4c(C)c(F)cc5nc6c(c3c45)Cn3c-6cc4c(c3=O)COC(=O)[C@]4(O)CC)CC2)cc1)CC(F)(F)F. The topological polar surface area (TPSA) is 211 Å². The number of hydrogen-bond donors (Lipinski definition) is 4. The fourth-order valence-corrected chi connectivity index (χ4v) is 15.8. The third kappa shape index (κ3) is 10.8. The second-order valence-corrected chi connectivity index (χ2v) is 25.4. The lowest BCUT2D eigenvalue weighted by atomic mass is 9.81. The number of carbonyl (C=O) groups is 3. The first-order valence-corrected chi connectivity index (χ1v) is 30.1. The molecule has 3 aromatic carbocycles. The molecule has 1 saturated carbocycles. The number of ketones is 1. The number of likely N-dealkylation sites (tertiary alicyclic amines) is 1. The monoisotopic (exact) mass is 1170 g/mol. The van der Waals surface area contributed by atoms with Gasteiger partial charge in [-0.25, -0.2) is 19.0 Å². The van der Waals surface area contributed by atoms with Crippen LogP contribution in [0.3, 0.4) is 0 Å². The number of aliphatic hydroxyl groups is 1. The van der Waals surface area contributed by atoms with E-state index in [4.69, 9.17) is 14.5 Å². The first kappa shape index (κ1) is 57.1. The maximum Gasteiger partial charge on any atom is 0.407 e. The normalized spacial score (nSPS) is 20.8. The van der Waals surface area contributed by atoms with E-state index >= 15 is 4.39 Å². The highest BCUT2D eigenvalue weighted by Gasteiger charge is 2.46. The van der Waals surface area contributed by atoms with Gasteiger partial charge in [0.15, 0.2) is 11.4 Å². The van der Waals surface area contributed by atoms with E-state index < -0.39 is 59.9 Å². The highest BCUT2D eigenvalue weighted by atomic mass is 33.1. The standard InChI is InChI=1S/C60H63F4N7O9S2/c1-6-59(78)41-23-45-53-39(28-70(45)56(75)40(41)29-79-57(59)76)52-43(16-15-36-32(5)42(61)24-44(65-53)51(36)52)66-58(77)80-49-9-7-8-10-50(49)82-81-35-17-19-69(20-18-35)27-33-11-13-34(14-12-33)71-54(38-22-37(30(2)3)46(72)25-47(38)73)67-68-55(71)48(74)21-31(4)26-60(62,63)64/h11-14,22-25,30,35,43,49-50,72-73,78H,4,6-10,15-21,26-29H2,1-3,5H3,(H,66,77)/t43-,49+,50?,59+/m1/s1. The van der Waals surface area contributed by atoms with Crippen LogP contribution in [0.25, 0.3) is 39.4 Å². The number of alkyl halides is 3. The molecule has 0 bridgehead atoms. The minimum absolute atomic E-state index is 0.0145. The van der Waals surface area contributed by atoms with Crippen molar-refractivity contribution in [2.75, 3.05) is 13.1 Å². The number of hydrogen-bond acceptors (Lipinski definition) is 15. The van der Waals surface area contributed by atoms with Crippen molar-refractivity contribution in [2.24, 2.45) is 0 Å². The van der Waals surface area contributed by atoms with Gasteiger partial charge in [-0.2, -0.15) is 13.2 Å². The van der Waals surface area contributed by atoms with Crippen molar-refractivity contribution < 1.29 is 56.7 Å². The van der Waals surface area contributed by atoms with E-state index in [2.05, 4.69) is 27.0 Å². The van der Waals surface area contributed by atoms with Gasteiger partial charge in [0.2, 0.25) is 11.6 Å². The summed E-state index contributed by atoms with van der Waals surface area (Å²) in [5.74, 6) is -2.72. The largest absolute Gasteiger partial charge is 0.508 e. The average Bonchev–Trinajstić information content (AvgIpc) is 2.29. The third-order valence-electron chi connectivity index (χ3n) is 16.8. The number of nitrogens with one attached hydrogen (secondary N) is 1. The number of nitrogens with zero attached hydrogens (tertiary/aromatic N) is 6. The van der Waals surface area contributed by atoms with Gasteiger partial charge in [-0.05, 0) is 129 Å². The number of phenols is 2. The molecule has 22 heteroatoms. The zero-order valence-electron chi connectivity index (χ0n) is 45.8. The summed E-state index contributed by atoms with van der Waals surface area (Å²) in [7, 11) is 3.62. The van der Waals surface area contributed by atoms with Crippen LogP contribution in [0, 0.1) is 12.7 Å². The molecule has 3 aromatic heterocycles. The lowest BCUT2D eigenvalue weighted by Crippen LogP contribution is -2.44. The summed E-state index contributed by atoms with van der Waals surface area (Å²) in [6, 6.07) is 12.6. The second-order valence-electron chi connectivity index (χ2n) is 22.6. The number of cyclic esters (lactones) is 1. The van der Waals surface area contributed by atoms with Crippen molar-refractivity contribution in [1.82, 2.24) is 34.5 Å². The number of piperidine rings is 1. The molecular weight excluding hydrogens is 1100 g/mol. The molecule has 2 aliphatic carbocycles. The van der Waals surface area contributed by atoms with Crippen LogP contribution < -0.4 is 10.9 Å². The number of pyridine rings is 2. The molecule has 2 fully saturated rings. The minimum atomic E-state index is -4.55. The molecule has 1 amide bonds. The number of carbonyl (C=O) groups excluding carboxylic acids is 3. The number of phenolic OH excluding ortho intramolecular Hbond substituents is 2. The molecule has 6 aromatic rings. The van der Waals surface area contributed by atoms with Gasteiger partial charge in [-0.1, -0.05) is 73.1 Å². The predicted octanol–water partition coefficient (Wildman–Crippen LogP) is 11.5. The number of Topliss-reactive ketones (excluding diaryl/α,β-unsaturated/α-hetero) is 1. The Labute approximate surface area is 478 Å². The molecule has 82 heavy (non-hydrogen) atoms. The van der Waals surface area contributed by atoms with Crippen molar-refractivity contribution >= 4 is 50.3 Å². The number of allylic oxidation sites excluding steroid dienone is 1. The van der Waals surface area contributed by atoms with Gasteiger partial charge in [0, 0.05) is 52.5 Å². The molecule has 6 heterocycles. The van der Waals surface area contributed by atoms with Crippen molar-refractivity contribution in [3.63, 3.8) is 0 Å². The van der Waals surface area contributed by atoms with Crippen molar-refractivity contribution in [3.05, 3.63) is 127 Å². The Morgan fingerprint density at radius 3 is 2.43 bits per heavy atom. The first-order chi connectivity index (χ1) is 39.1. The maximum absolute atomic E-state index is 15.6. The van der Waals surface area contributed by atoms with Crippen LogP contribution in [-0.2, 0) is 46.0 Å². The number of benzene rings is 3. The molecule has 1 saturated heterocycles. The molecule has 3 aliphatic heterocycles. The quantitative estimate of drug-likeness (QED) is 0.0247. The number of ether oxygens (including phenoxy) is 2. The molecule has 4 N–H and O–H groups in total. The van der Waals surface area contributed by atoms with Gasteiger partial charge in [0.1, 0.15) is 30.0 Å². The van der Waals surface area contributed by atoms with Crippen LogP contribution in [0.2, 0.25) is 0 Å². The van der Waals surface area contributed by atoms with Crippen molar-refractivity contribution in [3.8, 4) is 40.0 Å². The van der Waals surface area contributed by atoms with Gasteiger partial charge < -0.3 is 34.7 Å². The van der Waals surface area contributed by atoms with Crippen molar-refractivity contribution in [1.29, 1.82) is 0 Å². The smallest absolute Gasteiger partial charge is 0.407 e. The number of halogens is 4. The minimum Gasteiger partial charge on any atom is -0.508 e. The summed E-state index contributed by atoms with van der Waals surface area (Å²) in [5, 5.41) is 45.7. The Morgan fingerprint density at radius 2 is 1.71 bits per heavy atom. The zero-order chi connectivity index (χ0) is 58.1. The lowest BCUT2D eigenvalue weighted by Gasteiger charge is -2.35. The van der Waals surface area contributed by atoms with E-state index in [-0.39, 0.29) is 82.3 Å². The number of aromatic hydroxyl groups is 2.